The topological polar surface area (TPSA) is 73.8 Å². The molecule has 98 valence electrons. The molecule has 0 saturated carbocycles. The summed E-state index contributed by atoms with van der Waals surface area (Å²) >= 11 is 0. The van der Waals surface area contributed by atoms with Crippen molar-refractivity contribution in [1.82, 2.24) is 0 Å². The average molecular weight is 257 g/mol. The summed E-state index contributed by atoms with van der Waals surface area (Å²) in [6, 6.07) is 13.6. The number of furan rings is 1. The second-order valence-corrected chi connectivity index (χ2v) is 4.42. The average Bonchev–Trinajstić information content (AvgIpc) is 2.88. The second kappa shape index (κ2) is 6.19. The molecule has 1 aromatic carbocycles. The Bertz CT molecular complexity index is 565. The van der Waals surface area contributed by atoms with Gasteiger partial charge in [-0.2, -0.15) is 5.26 Å². The Hall–Kier alpha value is -2.09. The highest BCUT2D eigenvalue weighted by molar-refractivity contribution is 5.58. The third kappa shape index (κ3) is 3.44. The van der Waals surface area contributed by atoms with E-state index < -0.39 is 6.10 Å². The summed E-state index contributed by atoms with van der Waals surface area (Å²) in [5.41, 5.74) is 1.87. The van der Waals surface area contributed by atoms with Crippen molar-refractivity contribution >= 4 is 0 Å². The van der Waals surface area contributed by atoms with Crippen LogP contribution in [0.2, 0.25) is 0 Å². The van der Waals surface area contributed by atoms with E-state index in [9.17, 15) is 5.11 Å². The van der Waals surface area contributed by atoms with Crippen molar-refractivity contribution < 1.29 is 14.8 Å². The molecule has 4 heteroatoms. The lowest BCUT2D eigenvalue weighted by molar-refractivity contribution is -0.662. The van der Waals surface area contributed by atoms with Crippen LogP contribution in [0.3, 0.4) is 0 Å². The van der Waals surface area contributed by atoms with Crippen LogP contribution < -0.4 is 5.32 Å². The molecule has 0 fully saturated rings. The SMILES string of the molecule is C[C@@H](O)c1ccc(-c2ccc(C[NH2+]CC#N)o2)cc1. The van der Waals surface area contributed by atoms with E-state index in [4.69, 9.17) is 9.68 Å². The summed E-state index contributed by atoms with van der Waals surface area (Å²) in [6.45, 7) is 2.84. The summed E-state index contributed by atoms with van der Waals surface area (Å²) in [5, 5.41) is 19.8. The van der Waals surface area contributed by atoms with E-state index >= 15 is 0 Å². The Balaban J connectivity index is 2.07. The van der Waals surface area contributed by atoms with E-state index in [1.807, 2.05) is 41.7 Å². The summed E-state index contributed by atoms with van der Waals surface area (Å²) in [4.78, 5) is 0. The highest BCUT2D eigenvalue weighted by atomic mass is 16.3. The fourth-order valence-electron chi connectivity index (χ4n) is 1.85. The number of benzene rings is 1. The molecule has 0 saturated heterocycles. The Kier molecular flexibility index (Phi) is 4.35. The number of nitriles is 1. The van der Waals surface area contributed by atoms with Crippen LogP contribution in [0.1, 0.15) is 24.4 Å². The molecule has 1 aromatic heterocycles. The van der Waals surface area contributed by atoms with E-state index in [0.717, 1.165) is 22.6 Å². The predicted octanol–water partition coefficient (Wildman–Crippen LogP) is 1.59. The molecule has 0 unspecified atom stereocenters. The molecule has 0 spiro atoms. The Labute approximate surface area is 112 Å². The van der Waals surface area contributed by atoms with E-state index in [-0.39, 0.29) is 0 Å². The lowest BCUT2D eigenvalue weighted by Gasteiger charge is -2.04. The van der Waals surface area contributed by atoms with Crippen molar-refractivity contribution in [2.45, 2.75) is 19.6 Å². The fraction of sp³-hybridized carbons (Fsp3) is 0.267. The Morgan fingerprint density at radius 1 is 1.26 bits per heavy atom. The van der Waals surface area contributed by atoms with Gasteiger partial charge in [-0.1, -0.05) is 24.3 Å². The number of hydrogen-bond donors (Lipinski definition) is 2. The van der Waals surface area contributed by atoms with Gasteiger partial charge in [-0.15, -0.1) is 0 Å². The van der Waals surface area contributed by atoms with Crippen LogP contribution in [0.4, 0.5) is 0 Å². The second-order valence-electron chi connectivity index (χ2n) is 4.42. The van der Waals surface area contributed by atoms with Crippen LogP contribution >= 0.6 is 0 Å². The van der Waals surface area contributed by atoms with Gasteiger partial charge in [0.25, 0.3) is 0 Å². The number of aliphatic hydroxyl groups is 1. The van der Waals surface area contributed by atoms with Crippen molar-refractivity contribution in [3.63, 3.8) is 0 Å². The van der Waals surface area contributed by atoms with Crippen molar-refractivity contribution in [2.75, 3.05) is 6.54 Å². The zero-order valence-electron chi connectivity index (χ0n) is 10.8. The Morgan fingerprint density at radius 3 is 2.63 bits per heavy atom. The number of nitrogens with zero attached hydrogens (tertiary/aromatic N) is 1. The fourth-order valence-corrected chi connectivity index (χ4v) is 1.85. The molecule has 1 atom stereocenters. The number of aliphatic hydroxyl groups excluding tert-OH is 1. The van der Waals surface area contributed by atoms with Crippen molar-refractivity contribution in [3.8, 4) is 17.4 Å². The third-order valence-corrected chi connectivity index (χ3v) is 2.92. The smallest absolute Gasteiger partial charge is 0.163 e. The van der Waals surface area contributed by atoms with Crippen LogP contribution in [0, 0.1) is 11.3 Å². The predicted molar refractivity (Wildman–Crippen MR) is 70.9 cm³/mol. The van der Waals surface area contributed by atoms with Crippen LogP contribution in [0.25, 0.3) is 11.3 Å². The van der Waals surface area contributed by atoms with Gasteiger partial charge < -0.3 is 14.8 Å². The first-order chi connectivity index (χ1) is 9.20. The molecule has 2 aromatic rings. The lowest BCUT2D eigenvalue weighted by atomic mass is 10.1. The molecule has 4 nitrogen and oxygen atoms in total. The number of rotatable bonds is 5. The lowest BCUT2D eigenvalue weighted by Crippen LogP contribution is -2.82. The van der Waals surface area contributed by atoms with Crippen LogP contribution in [-0.2, 0) is 6.54 Å². The maximum Gasteiger partial charge on any atom is 0.163 e. The number of quaternary nitrogens is 1. The van der Waals surface area contributed by atoms with Gasteiger partial charge in [-0.3, -0.25) is 0 Å². The minimum absolute atomic E-state index is 0.430. The van der Waals surface area contributed by atoms with Gasteiger partial charge in [-0.05, 0) is 24.6 Å². The van der Waals surface area contributed by atoms with Gasteiger partial charge in [0, 0.05) is 5.56 Å². The summed E-state index contributed by atoms with van der Waals surface area (Å²) in [6.07, 6.45) is -0.457. The van der Waals surface area contributed by atoms with Crippen molar-refractivity contribution in [3.05, 3.63) is 47.7 Å². The van der Waals surface area contributed by atoms with E-state index in [2.05, 4.69) is 6.07 Å². The number of nitrogens with two attached hydrogens (primary N) is 1. The zero-order valence-corrected chi connectivity index (χ0v) is 10.8. The minimum atomic E-state index is -0.457. The van der Waals surface area contributed by atoms with Gasteiger partial charge >= 0.3 is 0 Å². The van der Waals surface area contributed by atoms with E-state index in [1.165, 1.54) is 0 Å². The molecule has 0 aliphatic carbocycles. The molecular weight excluding hydrogens is 240 g/mol. The molecule has 3 N–H and O–H groups in total. The van der Waals surface area contributed by atoms with Gasteiger partial charge in [0.15, 0.2) is 12.3 Å². The first-order valence-corrected chi connectivity index (χ1v) is 6.26. The van der Waals surface area contributed by atoms with Crippen molar-refractivity contribution in [1.29, 1.82) is 5.26 Å². The minimum Gasteiger partial charge on any atom is -0.455 e. The quantitative estimate of drug-likeness (QED) is 0.631. The van der Waals surface area contributed by atoms with Gasteiger partial charge in [0.2, 0.25) is 0 Å². The van der Waals surface area contributed by atoms with E-state index in [1.54, 1.807) is 6.92 Å². The van der Waals surface area contributed by atoms with Gasteiger partial charge in [0.1, 0.15) is 18.4 Å². The first kappa shape index (κ1) is 13.3. The normalized spacial score (nSPS) is 12.1. The molecule has 1 heterocycles. The molecule has 0 aliphatic heterocycles. The van der Waals surface area contributed by atoms with Gasteiger partial charge in [-0.25, -0.2) is 0 Å². The highest BCUT2D eigenvalue weighted by Crippen LogP contribution is 2.23. The first-order valence-electron chi connectivity index (χ1n) is 6.26. The molecule has 0 radical (unpaired) electrons. The summed E-state index contributed by atoms with van der Waals surface area (Å²) < 4.78 is 5.71. The van der Waals surface area contributed by atoms with Crippen LogP contribution in [-0.4, -0.2) is 11.7 Å². The molecule has 0 amide bonds. The van der Waals surface area contributed by atoms with Gasteiger partial charge in [0.05, 0.1) is 6.10 Å². The van der Waals surface area contributed by atoms with E-state index in [0.29, 0.717) is 13.1 Å². The Morgan fingerprint density at radius 2 is 2.00 bits per heavy atom. The zero-order chi connectivity index (χ0) is 13.7. The number of hydrogen-bond acceptors (Lipinski definition) is 3. The van der Waals surface area contributed by atoms with Crippen LogP contribution in [0.15, 0.2) is 40.8 Å². The maximum atomic E-state index is 9.46. The summed E-state index contributed by atoms with van der Waals surface area (Å²) in [7, 11) is 0. The summed E-state index contributed by atoms with van der Waals surface area (Å²) in [5.74, 6) is 1.65. The van der Waals surface area contributed by atoms with Crippen molar-refractivity contribution in [2.24, 2.45) is 0 Å². The molecule has 19 heavy (non-hydrogen) atoms. The molecule has 2 rings (SSSR count). The molecule has 0 bridgehead atoms. The molecule has 0 aliphatic rings. The largest absolute Gasteiger partial charge is 0.455 e. The standard InChI is InChI=1S/C15H16N2O2/c1-11(18)12-2-4-13(5-3-12)15-7-6-14(19-15)10-17-9-8-16/h2-7,11,17-18H,9-10H2,1H3/p+1/t11-/m1/s1. The molecular formula is C15H17N2O2+. The highest BCUT2D eigenvalue weighted by Gasteiger charge is 2.07. The monoisotopic (exact) mass is 257 g/mol. The van der Waals surface area contributed by atoms with Crippen LogP contribution in [0.5, 0.6) is 0 Å². The third-order valence-electron chi connectivity index (χ3n) is 2.92. The maximum absolute atomic E-state index is 9.46.